The number of para-hydroxylation sites is 1. The van der Waals surface area contributed by atoms with Crippen LogP contribution in [0.1, 0.15) is 40.0 Å². The number of hydrogen-bond acceptors (Lipinski definition) is 9. The Morgan fingerprint density at radius 3 is 2.58 bits per heavy atom. The average Bonchev–Trinajstić information content (AvgIpc) is 3.35. The molecule has 4 rings (SSSR count). The number of aromatic nitrogens is 2. The van der Waals surface area contributed by atoms with Crippen LogP contribution < -0.4 is 24.8 Å². The van der Waals surface area contributed by atoms with Crippen LogP contribution in [-0.2, 0) is 10.0 Å². The molecule has 0 saturated carbocycles. The predicted molar refractivity (Wildman–Crippen MR) is 159 cm³/mol. The Hall–Kier alpha value is -3.12. The summed E-state index contributed by atoms with van der Waals surface area (Å²) in [5.74, 6) is 1.85. The topological polar surface area (TPSA) is 118 Å². The van der Waals surface area contributed by atoms with Gasteiger partial charge in [-0.3, -0.25) is 0 Å². The highest BCUT2D eigenvalue weighted by Gasteiger charge is 2.23. The molecule has 0 spiro atoms. The zero-order valence-corrected chi connectivity index (χ0v) is 24.8. The Morgan fingerprint density at radius 1 is 1.10 bits per heavy atom. The summed E-state index contributed by atoms with van der Waals surface area (Å²) < 4.78 is 41.1. The van der Waals surface area contributed by atoms with Gasteiger partial charge in [-0.25, -0.2) is 18.1 Å². The first-order valence-corrected chi connectivity index (χ1v) is 15.4. The third kappa shape index (κ3) is 7.54. The zero-order chi connectivity index (χ0) is 28.7. The molecule has 2 aromatic carbocycles. The number of nitrogens with one attached hydrogen (secondary N) is 3. The lowest BCUT2D eigenvalue weighted by atomic mass is 10.2. The lowest BCUT2D eigenvalue weighted by Gasteiger charge is -2.18. The lowest BCUT2D eigenvalue weighted by molar-refractivity contribution is 0.207. The molecule has 0 unspecified atom stereocenters. The Kier molecular flexibility index (Phi) is 10.1. The number of anilines is 4. The van der Waals surface area contributed by atoms with E-state index in [1.165, 1.54) is 6.20 Å². The van der Waals surface area contributed by atoms with E-state index in [0.29, 0.717) is 36.6 Å². The van der Waals surface area contributed by atoms with E-state index in [9.17, 15) is 8.42 Å². The van der Waals surface area contributed by atoms with Crippen LogP contribution >= 0.6 is 11.6 Å². The SMILES string of the molecule is CCOc1cc(O[C@@H]2CCN(C)C2)ccc1Nc1ncc(Cl)c(Nc2ccccc2S(=O)(=O)NC(CC)CC)n1. The first-order valence-electron chi connectivity index (χ1n) is 13.5. The molecule has 1 saturated heterocycles. The molecule has 0 radical (unpaired) electrons. The van der Waals surface area contributed by atoms with E-state index >= 15 is 0 Å². The largest absolute Gasteiger partial charge is 0.492 e. The second kappa shape index (κ2) is 13.5. The molecule has 0 amide bonds. The summed E-state index contributed by atoms with van der Waals surface area (Å²) in [6.45, 7) is 8.17. The number of benzene rings is 2. The average molecular weight is 589 g/mol. The van der Waals surface area contributed by atoms with Gasteiger partial charge in [0.2, 0.25) is 16.0 Å². The second-order valence-electron chi connectivity index (χ2n) is 9.65. The van der Waals surface area contributed by atoms with Crippen LogP contribution in [0.4, 0.5) is 23.1 Å². The van der Waals surface area contributed by atoms with Crippen LogP contribution in [0.25, 0.3) is 0 Å². The van der Waals surface area contributed by atoms with Gasteiger partial charge in [0.1, 0.15) is 27.5 Å². The summed E-state index contributed by atoms with van der Waals surface area (Å²) in [5, 5.41) is 6.50. The number of sulfonamides is 1. The van der Waals surface area contributed by atoms with Crippen molar-refractivity contribution < 1.29 is 17.9 Å². The molecule has 1 aromatic heterocycles. The molecule has 12 heteroatoms. The minimum absolute atomic E-state index is 0.105. The normalized spacial score (nSPS) is 15.8. The quantitative estimate of drug-likeness (QED) is 0.236. The van der Waals surface area contributed by atoms with Gasteiger partial charge in [-0.1, -0.05) is 37.6 Å². The Morgan fingerprint density at radius 2 is 1.88 bits per heavy atom. The van der Waals surface area contributed by atoms with Crippen molar-refractivity contribution >= 4 is 44.8 Å². The molecule has 1 fully saturated rings. The van der Waals surface area contributed by atoms with Crippen molar-refractivity contribution in [1.82, 2.24) is 19.6 Å². The van der Waals surface area contributed by atoms with Crippen LogP contribution in [0.2, 0.25) is 5.02 Å². The summed E-state index contributed by atoms with van der Waals surface area (Å²) in [7, 11) is -1.70. The van der Waals surface area contributed by atoms with Gasteiger partial charge >= 0.3 is 0 Å². The standard InChI is InChI=1S/C28H37ClN6O4S/c1-5-19(6-2)34-40(36,37)26-11-9-8-10-24(26)31-27-22(29)17-30-28(33-27)32-23-13-12-20(16-25(23)38-7-3)39-21-14-15-35(4)18-21/h8-13,16-17,19,21,34H,5-7,14-15,18H2,1-4H3,(H2,30,31,32,33)/t21-/m1/s1. The monoisotopic (exact) mass is 588 g/mol. The maximum Gasteiger partial charge on any atom is 0.242 e. The Balaban J connectivity index is 1.56. The maximum atomic E-state index is 13.2. The van der Waals surface area contributed by atoms with Crippen molar-refractivity contribution in [3.05, 3.63) is 53.7 Å². The molecule has 10 nitrogen and oxygen atoms in total. The van der Waals surface area contributed by atoms with Gasteiger partial charge in [0.15, 0.2) is 5.82 Å². The summed E-state index contributed by atoms with van der Waals surface area (Å²) in [6, 6.07) is 12.1. The maximum absolute atomic E-state index is 13.2. The van der Waals surface area contributed by atoms with E-state index < -0.39 is 10.0 Å². The fourth-order valence-corrected chi connectivity index (χ4v) is 6.15. The van der Waals surface area contributed by atoms with E-state index in [-0.39, 0.29) is 33.8 Å². The fourth-order valence-electron chi connectivity index (χ4n) is 4.44. The van der Waals surface area contributed by atoms with Crippen LogP contribution in [-0.4, -0.2) is 62.2 Å². The highest BCUT2D eigenvalue weighted by molar-refractivity contribution is 7.89. The highest BCUT2D eigenvalue weighted by Crippen LogP contribution is 2.34. The Bertz CT molecular complexity index is 1400. The Labute approximate surface area is 241 Å². The highest BCUT2D eigenvalue weighted by atomic mass is 35.5. The second-order valence-corrected chi connectivity index (χ2v) is 11.7. The molecule has 0 aliphatic carbocycles. The molecule has 2 heterocycles. The van der Waals surface area contributed by atoms with Gasteiger partial charge in [-0.2, -0.15) is 4.98 Å². The fraction of sp³-hybridized carbons (Fsp3) is 0.429. The van der Waals surface area contributed by atoms with Gasteiger partial charge in [0, 0.05) is 25.2 Å². The minimum atomic E-state index is -3.78. The molecule has 3 N–H and O–H groups in total. The first-order chi connectivity index (χ1) is 19.2. The molecule has 1 atom stereocenters. The third-order valence-corrected chi connectivity index (χ3v) is 8.49. The number of likely N-dealkylation sites (tertiary alicyclic amines) is 1. The van der Waals surface area contributed by atoms with E-state index in [2.05, 4.69) is 37.3 Å². The number of likely N-dealkylation sites (N-methyl/N-ethyl adjacent to an activating group) is 1. The minimum Gasteiger partial charge on any atom is -0.492 e. The van der Waals surface area contributed by atoms with E-state index in [1.54, 1.807) is 24.3 Å². The van der Waals surface area contributed by atoms with Crippen molar-refractivity contribution in [2.45, 2.75) is 57.1 Å². The summed E-state index contributed by atoms with van der Waals surface area (Å²) in [6.07, 6.45) is 3.95. The molecule has 1 aliphatic heterocycles. The van der Waals surface area contributed by atoms with Crippen LogP contribution in [0, 0.1) is 0 Å². The van der Waals surface area contributed by atoms with Gasteiger partial charge in [0.25, 0.3) is 0 Å². The van der Waals surface area contributed by atoms with E-state index in [4.69, 9.17) is 21.1 Å². The molecule has 3 aromatic rings. The third-order valence-electron chi connectivity index (χ3n) is 6.63. The van der Waals surface area contributed by atoms with Crippen LogP contribution in [0.15, 0.2) is 53.6 Å². The summed E-state index contributed by atoms with van der Waals surface area (Å²) in [4.78, 5) is 11.2. The number of hydrogen-bond donors (Lipinski definition) is 3. The number of rotatable bonds is 13. The molecule has 216 valence electrons. The molecule has 40 heavy (non-hydrogen) atoms. The predicted octanol–water partition coefficient (Wildman–Crippen LogP) is 5.57. The number of ether oxygens (including phenoxy) is 2. The number of nitrogens with zero attached hydrogens (tertiary/aromatic N) is 3. The van der Waals surface area contributed by atoms with Crippen molar-refractivity contribution in [2.24, 2.45) is 0 Å². The molecule has 0 bridgehead atoms. The molecule has 1 aliphatic rings. The zero-order valence-electron chi connectivity index (χ0n) is 23.3. The van der Waals surface area contributed by atoms with E-state index in [1.807, 2.05) is 39.0 Å². The van der Waals surface area contributed by atoms with Crippen molar-refractivity contribution in [1.29, 1.82) is 0 Å². The van der Waals surface area contributed by atoms with Gasteiger partial charge < -0.3 is 25.0 Å². The van der Waals surface area contributed by atoms with Gasteiger partial charge in [-0.15, -0.1) is 0 Å². The van der Waals surface area contributed by atoms with Crippen molar-refractivity contribution in [2.75, 3.05) is 37.4 Å². The van der Waals surface area contributed by atoms with E-state index in [0.717, 1.165) is 25.3 Å². The molecular formula is C28H37ClN6O4S. The van der Waals surface area contributed by atoms with Crippen LogP contribution in [0.3, 0.4) is 0 Å². The summed E-state index contributed by atoms with van der Waals surface area (Å²) >= 11 is 6.41. The first kappa shape index (κ1) is 29.9. The van der Waals surface area contributed by atoms with Gasteiger partial charge in [-0.05, 0) is 57.5 Å². The van der Waals surface area contributed by atoms with Crippen molar-refractivity contribution in [3.8, 4) is 11.5 Å². The van der Waals surface area contributed by atoms with Gasteiger partial charge in [0.05, 0.1) is 24.2 Å². The smallest absolute Gasteiger partial charge is 0.242 e. The van der Waals surface area contributed by atoms with Crippen molar-refractivity contribution in [3.63, 3.8) is 0 Å². The molecular weight excluding hydrogens is 552 g/mol. The van der Waals surface area contributed by atoms with Crippen LogP contribution in [0.5, 0.6) is 11.5 Å². The lowest BCUT2D eigenvalue weighted by Crippen LogP contribution is -2.34. The summed E-state index contributed by atoms with van der Waals surface area (Å²) in [5.41, 5.74) is 1.00. The number of halogens is 1.